The topological polar surface area (TPSA) is 150 Å². The van der Waals surface area contributed by atoms with Gasteiger partial charge < -0.3 is 31.4 Å². The first-order valence-corrected chi connectivity index (χ1v) is 12.0. The van der Waals surface area contributed by atoms with Crippen LogP contribution in [0.1, 0.15) is 37.4 Å². The number of oxime groups is 1. The fourth-order valence-electron chi connectivity index (χ4n) is 3.90. The minimum Gasteiger partial charge on any atom is -0.394 e. The van der Waals surface area contributed by atoms with E-state index in [9.17, 15) is 9.59 Å². The molecule has 2 atom stereocenters. The van der Waals surface area contributed by atoms with E-state index in [4.69, 9.17) is 10.6 Å². The van der Waals surface area contributed by atoms with Gasteiger partial charge in [-0.15, -0.1) is 0 Å². The predicted molar refractivity (Wildman–Crippen MR) is 140 cm³/mol. The summed E-state index contributed by atoms with van der Waals surface area (Å²) in [5.41, 5.74) is 8.60. The number of amides is 3. The molecule has 4 bridgehead atoms. The third-order valence-corrected chi connectivity index (χ3v) is 6.11. The molecule has 5 N–H and O–H groups in total. The van der Waals surface area contributed by atoms with Crippen molar-refractivity contribution >= 4 is 36.0 Å². The highest BCUT2D eigenvalue weighted by molar-refractivity contribution is 5.92. The normalized spacial score (nSPS) is 21.2. The number of urea groups is 1. The lowest BCUT2D eigenvalue weighted by atomic mass is 10.1. The summed E-state index contributed by atoms with van der Waals surface area (Å²) in [6.07, 6.45) is 4.48. The molecule has 1 saturated heterocycles. The molecule has 12 nitrogen and oxygen atoms in total. The Labute approximate surface area is 211 Å². The van der Waals surface area contributed by atoms with E-state index in [0.29, 0.717) is 43.3 Å². The summed E-state index contributed by atoms with van der Waals surface area (Å²) in [6.45, 7) is 7.21. The van der Waals surface area contributed by atoms with Crippen LogP contribution in [0.4, 0.5) is 22.1 Å². The quantitative estimate of drug-likeness (QED) is 0.457. The number of nitrogens with two attached hydrogens (primary N) is 1. The van der Waals surface area contributed by atoms with Gasteiger partial charge in [0.25, 0.3) is 0 Å². The van der Waals surface area contributed by atoms with Crippen LogP contribution in [0.3, 0.4) is 0 Å². The molecule has 2 unspecified atom stereocenters. The molecule has 4 heterocycles. The molecule has 1 aromatic carbocycles. The van der Waals surface area contributed by atoms with Crippen LogP contribution in [-0.4, -0.2) is 79.4 Å². The SMILES string of the molecule is CC1c2ccc(cc2)NC(=O)NC2CCN(C2)c2ncnc(N)c2/C=N/OCCN1C.CCNC=O. The zero-order chi connectivity index (χ0) is 25.9. The number of nitrogen functional groups attached to an aromatic ring is 1. The summed E-state index contributed by atoms with van der Waals surface area (Å²) < 4.78 is 0. The van der Waals surface area contributed by atoms with Gasteiger partial charge in [-0.3, -0.25) is 9.69 Å². The van der Waals surface area contributed by atoms with E-state index < -0.39 is 0 Å². The van der Waals surface area contributed by atoms with Gasteiger partial charge in [-0.05, 0) is 45.0 Å². The number of nitrogens with one attached hydrogen (secondary N) is 3. The van der Waals surface area contributed by atoms with Gasteiger partial charge in [-0.2, -0.15) is 0 Å². The lowest BCUT2D eigenvalue weighted by Crippen LogP contribution is -2.40. The van der Waals surface area contributed by atoms with Crippen LogP contribution in [-0.2, 0) is 9.63 Å². The van der Waals surface area contributed by atoms with Crippen LogP contribution in [0.2, 0.25) is 0 Å². The molecular formula is C24H35N9O3. The second-order valence-corrected chi connectivity index (χ2v) is 8.55. The first-order chi connectivity index (χ1) is 17.4. The van der Waals surface area contributed by atoms with Gasteiger partial charge in [-0.1, -0.05) is 17.3 Å². The number of hydrogen-bond donors (Lipinski definition) is 4. The zero-order valence-corrected chi connectivity index (χ0v) is 21.0. The highest BCUT2D eigenvalue weighted by Gasteiger charge is 2.27. The van der Waals surface area contributed by atoms with Crippen LogP contribution in [0.25, 0.3) is 0 Å². The number of aromatic nitrogens is 2. The lowest BCUT2D eigenvalue weighted by molar-refractivity contribution is -0.109. The van der Waals surface area contributed by atoms with Crippen molar-refractivity contribution in [3.63, 3.8) is 0 Å². The monoisotopic (exact) mass is 497 g/mol. The smallest absolute Gasteiger partial charge is 0.319 e. The van der Waals surface area contributed by atoms with Crippen molar-refractivity contribution in [1.29, 1.82) is 0 Å². The number of nitrogens with zero attached hydrogens (tertiary/aromatic N) is 5. The number of rotatable bonds is 2. The Balaban J connectivity index is 0.000000658. The molecule has 3 aliphatic rings. The molecule has 5 rings (SSSR count). The number of likely N-dealkylation sites (N-methyl/N-ethyl adjacent to an activating group) is 1. The van der Waals surface area contributed by atoms with Crippen molar-refractivity contribution in [2.75, 3.05) is 55.8 Å². The summed E-state index contributed by atoms with van der Waals surface area (Å²) in [4.78, 5) is 40.0. The van der Waals surface area contributed by atoms with Crippen molar-refractivity contribution in [1.82, 2.24) is 25.5 Å². The van der Waals surface area contributed by atoms with Crippen LogP contribution in [0.5, 0.6) is 0 Å². The zero-order valence-electron chi connectivity index (χ0n) is 21.0. The molecule has 3 amide bonds. The molecule has 0 saturated carbocycles. The molecule has 3 aliphatic heterocycles. The van der Waals surface area contributed by atoms with Gasteiger partial charge in [0.05, 0.1) is 11.8 Å². The Morgan fingerprint density at radius 1 is 1.25 bits per heavy atom. The molecule has 0 spiro atoms. The summed E-state index contributed by atoms with van der Waals surface area (Å²) in [5, 5.41) is 12.5. The number of carbonyl (C=O) groups excluding carboxylic acids is 2. The first kappa shape index (κ1) is 26.7. The second kappa shape index (κ2) is 13.2. The van der Waals surface area contributed by atoms with Crippen molar-refractivity contribution in [3.8, 4) is 0 Å². The highest BCUT2D eigenvalue weighted by atomic mass is 16.6. The van der Waals surface area contributed by atoms with Gasteiger partial charge in [0.1, 0.15) is 24.6 Å². The van der Waals surface area contributed by atoms with Gasteiger partial charge >= 0.3 is 6.03 Å². The Hall–Kier alpha value is -3.93. The third-order valence-electron chi connectivity index (χ3n) is 6.11. The van der Waals surface area contributed by atoms with E-state index in [-0.39, 0.29) is 18.1 Å². The highest BCUT2D eigenvalue weighted by Crippen LogP contribution is 2.24. The van der Waals surface area contributed by atoms with Gasteiger partial charge in [0.15, 0.2) is 0 Å². The van der Waals surface area contributed by atoms with Gasteiger partial charge in [0.2, 0.25) is 6.41 Å². The fourth-order valence-corrected chi connectivity index (χ4v) is 3.90. The summed E-state index contributed by atoms with van der Waals surface area (Å²) in [5.74, 6) is 1.02. The second-order valence-electron chi connectivity index (χ2n) is 8.55. The van der Waals surface area contributed by atoms with Crippen molar-refractivity contribution in [3.05, 3.63) is 41.7 Å². The minimum atomic E-state index is -0.222. The number of benzene rings is 1. The van der Waals surface area contributed by atoms with E-state index in [1.54, 1.807) is 6.21 Å². The third kappa shape index (κ3) is 7.28. The average Bonchev–Trinajstić information content (AvgIpc) is 3.33. The largest absolute Gasteiger partial charge is 0.394 e. The fraction of sp³-hybridized carbons (Fsp3) is 0.458. The van der Waals surface area contributed by atoms with E-state index in [1.165, 1.54) is 6.33 Å². The van der Waals surface area contributed by atoms with Crippen LogP contribution >= 0.6 is 0 Å². The summed E-state index contributed by atoms with van der Waals surface area (Å²) in [6, 6.07) is 7.85. The van der Waals surface area contributed by atoms with Crippen molar-refractivity contribution in [2.45, 2.75) is 32.4 Å². The maximum Gasteiger partial charge on any atom is 0.319 e. The molecule has 1 aromatic heterocycles. The minimum absolute atomic E-state index is 0.00717. The van der Waals surface area contributed by atoms with E-state index in [0.717, 1.165) is 30.8 Å². The van der Waals surface area contributed by atoms with Crippen LogP contribution in [0, 0.1) is 0 Å². The Bertz CT molecular complexity index is 1030. The first-order valence-electron chi connectivity index (χ1n) is 12.0. The molecule has 2 aromatic rings. The van der Waals surface area contributed by atoms with E-state index >= 15 is 0 Å². The molecular weight excluding hydrogens is 462 g/mol. The Kier molecular flexibility index (Phi) is 9.81. The molecule has 36 heavy (non-hydrogen) atoms. The molecule has 12 heteroatoms. The lowest BCUT2D eigenvalue weighted by Gasteiger charge is -2.24. The van der Waals surface area contributed by atoms with Crippen LogP contribution < -0.4 is 26.6 Å². The van der Waals surface area contributed by atoms with Gasteiger partial charge in [-0.25, -0.2) is 14.8 Å². The molecule has 0 aliphatic carbocycles. The van der Waals surface area contributed by atoms with Crippen molar-refractivity contribution < 1.29 is 14.4 Å². The van der Waals surface area contributed by atoms with E-state index in [2.05, 4.69) is 47.8 Å². The number of anilines is 3. The van der Waals surface area contributed by atoms with Crippen LogP contribution in [0.15, 0.2) is 35.7 Å². The molecule has 1 fully saturated rings. The number of carbonyl (C=O) groups is 2. The average molecular weight is 498 g/mol. The Morgan fingerprint density at radius 3 is 2.72 bits per heavy atom. The molecule has 194 valence electrons. The number of fused-ring (bicyclic) bond motifs is 9. The van der Waals surface area contributed by atoms with E-state index in [1.807, 2.05) is 38.2 Å². The summed E-state index contributed by atoms with van der Waals surface area (Å²) >= 11 is 0. The maximum absolute atomic E-state index is 12.5. The maximum atomic E-state index is 12.5. The Morgan fingerprint density at radius 2 is 2.03 bits per heavy atom. The standard InChI is InChI=1S/C21H28N8O2.C3H7NO/c1-14-15-3-5-16(6-4-15)26-21(30)27-17-7-8-29(12-17)20-18(19(22)23-13-24-20)11-25-31-10-9-28(14)2;1-2-4-3-5/h3-6,11,13-14,17H,7-10,12H2,1-2H3,(H2,22,23,24)(H2,26,27,30);3H,2H2,1H3,(H,4,5)/b25-11+;. The molecule has 0 radical (unpaired) electrons. The van der Waals surface area contributed by atoms with Crippen molar-refractivity contribution in [2.24, 2.45) is 5.16 Å². The summed E-state index contributed by atoms with van der Waals surface area (Å²) in [7, 11) is 2.03. The number of hydrogen-bond acceptors (Lipinski definition) is 9. The van der Waals surface area contributed by atoms with Gasteiger partial charge in [0, 0.05) is 44.0 Å². The predicted octanol–water partition coefficient (Wildman–Crippen LogP) is 1.57.